The molecule has 5 nitrogen and oxygen atoms in total. The second-order valence-electron chi connectivity index (χ2n) is 4.33. The SMILES string of the molecule is CCO[C@@H]1C[C@@H](C(=O)OC)N(Cc2ccccc2)O1. The van der Waals surface area contributed by atoms with Crippen molar-refractivity contribution in [2.24, 2.45) is 0 Å². The molecule has 2 rings (SSSR count). The Balaban J connectivity index is 2.05. The van der Waals surface area contributed by atoms with E-state index in [1.54, 1.807) is 5.06 Å². The standard InChI is InChI=1S/C14H19NO4/c1-3-18-13-9-12(14(16)17-2)15(19-13)10-11-7-5-4-6-8-11/h4-8,12-13H,3,9-10H2,1-2H3/t12-,13-/m0/s1. The summed E-state index contributed by atoms with van der Waals surface area (Å²) in [6, 6.07) is 9.44. The van der Waals surface area contributed by atoms with Crippen LogP contribution in [0.1, 0.15) is 18.9 Å². The lowest BCUT2D eigenvalue weighted by molar-refractivity contribution is -0.243. The molecule has 1 fully saturated rings. The Morgan fingerprint density at radius 3 is 2.79 bits per heavy atom. The molecule has 1 aromatic carbocycles. The van der Waals surface area contributed by atoms with Gasteiger partial charge in [0, 0.05) is 13.0 Å². The molecule has 5 heteroatoms. The van der Waals surface area contributed by atoms with Crippen molar-refractivity contribution in [1.29, 1.82) is 0 Å². The monoisotopic (exact) mass is 265 g/mol. The number of carbonyl (C=O) groups excluding carboxylic acids is 1. The summed E-state index contributed by atoms with van der Waals surface area (Å²) in [5.74, 6) is -0.293. The lowest BCUT2D eigenvalue weighted by Crippen LogP contribution is -2.35. The first-order chi connectivity index (χ1) is 9.24. The van der Waals surface area contributed by atoms with Gasteiger partial charge in [0.15, 0.2) is 6.29 Å². The fraction of sp³-hybridized carbons (Fsp3) is 0.500. The summed E-state index contributed by atoms with van der Waals surface area (Å²) in [4.78, 5) is 17.4. The quantitative estimate of drug-likeness (QED) is 0.759. The van der Waals surface area contributed by atoms with Gasteiger partial charge in [-0.05, 0) is 12.5 Å². The third-order valence-corrected chi connectivity index (χ3v) is 3.02. The zero-order valence-corrected chi connectivity index (χ0v) is 11.2. The highest BCUT2D eigenvalue weighted by Gasteiger charge is 2.39. The van der Waals surface area contributed by atoms with Gasteiger partial charge in [0.05, 0.1) is 13.7 Å². The highest BCUT2D eigenvalue weighted by atomic mass is 16.8. The summed E-state index contributed by atoms with van der Waals surface area (Å²) in [5.41, 5.74) is 1.08. The first kappa shape index (κ1) is 14.0. The number of hydrogen-bond acceptors (Lipinski definition) is 5. The Morgan fingerprint density at radius 1 is 1.42 bits per heavy atom. The van der Waals surface area contributed by atoms with Crippen molar-refractivity contribution in [1.82, 2.24) is 5.06 Å². The molecule has 0 aromatic heterocycles. The summed E-state index contributed by atoms with van der Waals surface area (Å²) in [6.45, 7) is 2.98. The first-order valence-corrected chi connectivity index (χ1v) is 6.41. The fourth-order valence-corrected chi connectivity index (χ4v) is 2.11. The van der Waals surface area contributed by atoms with E-state index in [1.807, 2.05) is 37.3 Å². The second-order valence-corrected chi connectivity index (χ2v) is 4.33. The molecular formula is C14H19NO4. The molecule has 2 atom stereocenters. The number of rotatable bonds is 5. The van der Waals surface area contributed by atoms with Gasteiger partial charge in [0.2, 0.25) is 0 Å². The molecule has 0 bridgehead atoms. The molecule has 1 aliphatic heterocycles. The van der Waals surface area contributed by atoms with Crippen LogP contribution in [0.2, 0.25) is 0 Å². The van der Waals surface area contributed by atoms with Gasteiger partial charge in [-0.2, -0.15) is 5.06 Å². The van der Waals surface area contributed by atoms with E-state index in [0.717, 1.165) is 5.56 Å². The van der Waals surface area contributed by atoms with E-state index in [9.17, 15) is 4.79 Å². The van der Waals surface area contributed by atoms with Crippen LogP contribution in [0, 0.1) is 0 Å². The van der Waals surface area contributed by atoms with E-state index in [2.05, 4.69) is 0 Å². The molecule has 104 valence electrons. The van der Waals surface area contributed by atoms with E-state index in [-0.39, 0.29) is 12.3 Å². The smallest absolute Gasteiger partial charge is 0.325 e. The normalized spacial score (nSPS) is 23.5. The molecule has 0 aliphatic carbocycles. The van der Waals surface area contributed by atoms with Crippen LogP contribution < -0.4 is 0 Å². The van der Waals surface area contributed by atoms with Crippen LogP contribution in [0.5, 0.6) is 0 Å². The van der Waals surface area contributed by atoms with Crippen LogP contribution in [0.3, 0.4) is 0 Å². The molecule has 0 N–H and O–H groups in total. The zero-order valence-electron chi connectivity index (χ0n) is 11.2. The van der Waals surface area contributed by atoms with Gasteiger partial charge in [-0.1, -0.05) is 30.3 Å². The third kappa shape index (κ3) is 3.53. The Morgan fingerprint density at radius 2 is 2.16 bits per heavy atom. The highest BCUT2D eigenvalue weighted by Crippen LogP contribution is 2.25. The summed E-state index contributed by atoms with van der Waals surface area (Å²) < 4.78 is 10.2. The molecule has 0 amide bonds. The molecule has 0 radical (unpaired) electrons. The van der Waals surface area contributed by atoms with Crippen LogP contribution in [-0.4, -0.2) is 37.1 Å². The summed E-state index contributed by atoms with van der Waals surface area (Å²) in [7, 11) is 1.39. The van der Waals surface area contributed by atoms with Gasteiger partial charge >= 0.3 is 5.97 Å². The number of hydroxylamine groups is 2. The zero-order chi connectivity index (χ0) is 13.7. The maximum Gasteiger partial charge on any atom is 0.325 e. The van der Waals surface area contributed by atoms with Crippen molar-refractivity contribution < 1.29 is 19.1 Å². The number of nitrogens with zero attached hydrogens (tertiary/aromatic N) is 1. The van der Waals surface area contributed by atoms with Gasteiger partial charge < -0.3 is 9.47 Å². The molecule has 0 saturated carbocycles. The Bertz CT molecular complexity index is 409. The van der Waals surface area contributed by atoms with Crippen molar-refractivity contribution in [3.63, 3.8) is 0 Å². The Labute approximate surface area is 113 Å². The first-order valence-electron chi connectivity index (χ1n) is 6.41. The summed E-state index contributed by atoms with van der Waals surface area (Å²) in [6.07, 6.45) is 0.116. The average molecular weight is 265 g/mol. The minimum Gasteiger partial charge on any atom is -0.468 e. The number of methoxy groups -OCH3 is 1. The molecule has 1 aromatic rings. The van der Waals surface area contributed by atoms with Crippen LogP contribution in [0.15, 0.2) is 30.3 Å². The van der Waals surface area contributed by atoms with E-state index in [0.29, 0.717) is 19.6 Å². The van der Waals surface area contributed by atoms with E-state index < -0.39 is 6.04 Å². The van der Waals surface area contributed by atoms with Gasteiger partial charge in [0.1, 0.15) is 6.04 Å². The minimum absolute atomic E-state index is 0.293. The molecular weight excluding hydrogens is 246 g/mol. The van der Waals surface area contributed by atoms with Gasteiger partial charge in [0.25, 0.3) is 0 Å². The second kappa shape index (κ2) is 6.65. The van der Waals surface area contributed by atoms with Gasteiger partial charge in [-0.25, -0.2) is 0 Å². The number of carbonyl (C=O) groups is 1. The number of ether oxygens (including phenoxy) is 2. The molecule has 1 saturated heterocycles. The molecule has 1 heterocycles. The van der Waals surface area contributed by atoms with Crippen LogP contribution in [0.4, 0.5) is 0 Å². The lowest BCUT2D eigenvalue weighted by Gasteiger charge is -2.20. The van der Waals surface area contributed by atoms with Gasteiger partial charge in [-0.15, -0.1) is 0 Å². The maximum absolute atomic E-state index is 11.8. The fourth-order valence-electron chi connectivity index (χ4n) is 2.11. The predicted molar refractivity (Wildman–Crippen MR) is 68.9 cm³/mol. The summed E-state index contributed by atoms with van der Waals surface area (Å²) >= 11 is 0. The van der Waals surface area contributed by atoms with Crippen LogP contribution >= 0.6 is 0 Å². The number of hydrogen-bond donors (Lipinski definition) is 0. The molecule has 1 aliphatic rings. The maximum atomic E-state index is 11.8. The van der Waals surface area contributed by atoms with Crippen molar-refractivity contribution in [2.45, 2.75) is 32.2 Å². The molecule has 0 unspecified atom stereocenters. The third-order valence-electron chi connectivity index (χ3n) is 3.02. The van der Waals surface area contributed by atoms with Crippen LogP contribution in [-0.2, 0) is 25.7 Å². The number of benzene rings is 1. The average Bonchev–Trinajstić information content (AvgIpc) is 2.82. The van der Waals surface area contributed by atoms with Crippen molar-refractivity contribution >= 4 is 5.97 Å². The van der Waals surface area contributed by atoms with E-state index in [4.69, 9.17) is 14.3 Å². The molecule has 19 heavy (non-hydrogen) atoms. The molecule has 0 spiro atoms. The predicted octanol–water partition coefficient (Wildman–Crippen LogP) is 1.73. The highest BCUT2D eigenvalue weighted by molar-refractivity contribution is 5.75. The van der Waals surface area contributed by atoms with Crippen molar-refractivity contribution in [3.8, 4) is 0 Å². The Hall–Kier alpha value is -1.43. The lowest BCUT2D eigenvalue weighted by atomic mass is 10.2. The topological polar surface area (TPSA) is 48.0 Å². The van der Waals surface area contributed by atoms with E-state index >= 15 is 0 Å². The van der Waals surface area contributed by atoms with Crippen LogP contribution in [0.25, 0.3) is 0 Å². The van der Waals surface area contributed by atoms with E-state index in [1.165, 1.54) is 7.11 Å². The number of esters is 1. The van der Waals surface area contributed by atoms with Crippen molar-refractivity contribution in [3.05, 3.63) is 35.9 Å². The minimum atomic E-state index is -0.415. The van der Waals surface area contributed by atoms with Gasteiger partial charge in [-0.3, -0.25) is 9.63 Å². The van der Waals surface area contributed by atoms with Crippen molar-refractivity contribution in [2.75, 3.05) is 13.7 Å². The largest absolute Gasteiger partial charge is 0.468 e. The Kier molecular flexibility index (Phi) is 4.90. The summed E-state index contributed by atoms with van der Waals surface area (Å²) in [5, 5.41) is 1.64.